The summed E-state index contributed by atoms with van der Waals surface area (Å²) in [7, 11) is 0. The number of carbonyl (C=O) groups is 1. The van der Waals surface area contributed by atoms with E-state index in [0.717, 1.165) is 30.2 Å². The SMILES string of the molecule is O=C(NCCc1ccccc1Br)C1(CO)CCC1. The van der Waals surface area contributed by atoms with Gasteiger partial charge in [0, 0.05) is 11.0 Å². The summed E-state index contributed by atoms with van der Waals surface area (Å²) in [4.78, 5) is 12.0. The number of hydrogen-bond acceptors (Lipinski definition) is 2. The van der Waals surface area contributed by atoms with Crippen LogP contribution < -0.4 is 5.32 Å². The van der Waals surface area contributed by atoms with Gasteiger partial charge in [0.2, 0.25) is 5.91 Å². The van der Waals surface area contributed by atoms with E-state index >= 15 is 0 Å². The van der Waals surface area contributed by atoms with Gasteiger partial charge in [-0.3, -0.25) is 4.79 Å². The Kier molecular flexibility index (Phi) is 4.40. The van der Waals surface area contributed by atoms with Gasteiger partial charge in [-0.15, -0.1) is 0 Å². The van der Waals surface area contributed by atoms with Crippen LogP contribution in [0.25, 0.3) is 0 Å². The molecule has 0 aromatic heterocycles. The van der Waals surface area contributed by atoms with Crippen molar-refractivity contribution in [3.63, 3.8) is 0 Å². The molecule has 0 bridgehead atoms. The normalized spacial score (nSPS) is 17.0. The predicted octanol–water partition coefficient (Wildman–Crippen LogP) is 2.27. The molecule has 1 aliphatic rings. The molecule has 0 heterocycles. The topological polar surface area (TPSA) is 49.3 Å². The van der Waals surface area contributed by atoms with E-state index in [1.54, 1.807) is 0 Å². The number of aliphatic hydroxyl groups is 1. The van der Waals surface area contributed by atoms with Crippen molar-refractivity contribution in [1.82, 2.24) is 5.32 Å². The van der Waals surface area contributed by atoms with E-state index in [0.29, 0.717) is 6.54 Å². The van der Waals surface area contributed by atoms with Gasteiger partial charge in [0.25, 0.3) is 0 Å². The molecule has 1 aromatic rings. The second-order valence-electron chi connectivity index (χ2n) is 4.89. The fraction of sp³-hybridized carbons (Fsp3) is 0.500. The summed E-state index contributed by atoms with van der Waals surface area (Å²) in [6, 6.07) is 8.00. The van der Waals surface area contributed by atoms with Gasteiger partial charge in [-0.05, 0) is 30.9 Å². The minimum atomic E-state index is -0.492. The van der Waals surface area contributed by atoms with Crippen LogP contribution in [-0.4, -0.2) is 24.2 Å². The Hall–Kier alpha value is -0.870. The highest BCUT2D eigenvalue weighted by atomic mass is 79.9. The van der Waals surface area contributed by atoms with Crippen LogP contribution >= 0.6 is 15.9 Å². The lowest BCUT2D eigenvalue weighted by Gasteiger charge is -2.38. The molecule has 0 unspecified atom stereocenters. The molecular weight excluding hydrogens is 294 g/mol. The van der Waals surface area contributed by atoms with Crippen molar-refractivity contribution in [2.45, 2.75) is 25.7 Å². The van der Waals surface area contributed by atoms with E-state index in [9.17, 15) is 9.90 Å². The van der Waals surface area contributed by atoms with Crippen molar-refractivity contribution in [2.75, 3.05) is 13.2 Å². The van der Waals surface area contributed by atoms with E-state index in [-0.39, 0.29) is 12.5 Å². The number of amides is 1. The minimum Gasteiger partial charge on any atom is -0.395 e. The zero-order valence-corrected chi connectivity index (χ0v) is 11.9. The number of hydrogen-bond donors (Lipinski definition) is 2. The second kappa shape index (κ2) is 5.85. The van der Waals surface area contributed by atoms with Crippen molar-refractivity contribution in [2.24, 2.45) is 5.41 Å². The van der Waals surface area contributed by atoms with Gasteiger partial charge in [0.05, 0.1) is 12.0 Å². The van der Waals surface area contributed by atoms with Crippen LogP contribution in [0, 0.1) is 5.41 Å². The molecule has 2 N–H and O–H groups in total. The maximum Gasteiger partial charge on any atom is 0.228 e. The van der Waals surface area contributed by atoms with Gasteiger partial charge in [0.15, 0.2) is 0 Å². The summed E-state index contributed by atoms with van der Waals surface area (Å²) in [6.45, 7) is 0.580. The maximum absolute atomic E-state index is 12.0. The Bertz CT molecular complexity index is 424. The van der Waals surface area contributed by atoms with Crippen LogP contribution in [0.5, 0.6) is 0 Å². The predicted molar refractivity (Wildman–Crippen MR) is 74.2 cm³/mol. The Labute approximate surface area is 116 Å². The third-order valence-electron chi connectivity index (χ3n) is 3.73. The second-order valence-corrected chi connectivity index (χ2v) is 5.74. The average Bonchev–Trinajstić information content (AvgIpc) is 2.31. The van der Waals surface area contributed by atoms with Gasteiger partial charge in [-0.2, -0.15) is 0 Å². The summed E-state index contributed by atoms with van der Waals surface area (Å²) in [5, 5.41) is 12.2. The van der Waals surface area contributed by atoms with Crippen LogP contribution in [0.3, 0.4) is 0 Å². The molecule has 0 saturated heterocycles. The lowest BCUT2D eigenvalue weighted by atomic mass is 9.68. The van der Waals surface area contributed by atoms with Crippen molar-refractivity contribution in [1.29, 1.82) is 0 Å². The Balaban J connectivity index is 1.82. The largest absolute Gasteiger partial charge is 0.395 e. The molecule has 0 spiro atoms. The van der Waals surface area contributed by atoms with E-state index in [2.05, 4.69) is 21.2 Å². The van der Waals surface area contributed by atoms with E-state index in [1.165, 1.54) is 5.56 Å². The third kappa shape index (κ3) is 2.75. The number of carbonyl (C=O) groups excluding carboxylic acids is 1. The number of nitrogens with one attached hydrogen (secondary N) is 1. The molecule has 2 rings (SSSR count). The smallest absolute Gasteiger partial charge is 0.228 e. The molecular formula is C14H18BrNO2. The molecule has 1 fully saturated rings. The molecule has 1 amide bonds. The van der Waals surface area contributed by atoms with E-state index in [1.807, 2.05) is 24.3 Å². The summed E-state index contributed by atoms with van der Waals surface area (Å²) in [5.41, 5.74) is 0.693. The first kappa shape index (κ1) is 13.6. The Morgan fingerprint density at radius 3 is 2.67 bits per heavy atom. The highest BCUT2D eigenvalue weighted by molar-refractivity contribution is 9.10. The highest BCUT2D eigenvalue weighted by Crippen LogP contribution is 2.40. The molecule has 0 atom stereocenters. The van der Waals surface area contributed by atoms with Gasteiger partial charge >= 0.3 is 0 Å². The van der Waals surface area contributed by atoms with Crippen LogP contribution in [0.1, 0.15) is 24.8 Å². The summed E-state index contributed by atoms with van der Waals surface area (Å²) >= 11 is 3.49. The molecule has 4 heteroatoms. The fourth-order valence-electron chi connectivity index (χ4n) is 2.26. The molecule has 18 heavy (non-hydrogen) atoms. The number of benzene rings is 1. The minimum absolute atomic E-state index is 0.00306. The van der Waals surface area contributed by atoms with Crippen LogP contribution in [0.2, 0.25) is 0 Å². The molecule has 0 radical (unpaired) electrons. The van der Waals surface area contributed by atoms with E-state index < -0.39 is 5.41 Å². The first-order valence-corrected chi connectivity index (χ1v) is 7.10. The van der Waals surface area contributed by atoms with Gasteiger partial charge in [-0.25, -0.2) is 0 Å². The zero-order chi connectivity index (χ0) is 13.0. The first-order chi connectivity index (χ1) is 8.68. The Morgan fingerprint density at radius 1 is 1.39 bits per heavy atom. The number of rotatable bonds is 5. The molecule has 98 valence electrons. The monoisotopic (exact) mass is 311 g/mol. The molecule has 3 nitrogen and oxygen atoms in total. The zero-order valence-electron chi connectivity index (χ0n) is 10.3. The first-order valence-electron chi connectivity index (χ1n) is 6.30. The molecule has 1 saturated carbocycles. The van der Waals surface area contributed by atoms with Crippen molar-refractivity contribution >= 4 is 21.8 Å². The summed E-state index contributed by atoms with van der Waals surface area (Å²) in [6.07, 6.45) is 3.46. The lowest BCUT2D eigenvalue weighted by molar-refractivity contribution is -0.139. The van der Waals surface area contributed by atoms with Crippen molar-refractivity contribution in [3.05, 3.63) is 34.3 Å². The fourth-order valence-corrected chi connectivity index (χ4v) is 2.74. The van der Waals surface area contributed by atoms with Crippen molar-refractivity contribution < 1.29 is 9.90 Å². The van der Waals surface area contributed by atoms with Crippen LogP contribution in [0.15, 0.2) is 28.7 Å². The quantitative estimate of drug-likeness (QED) is 0.876. The molecule has 0 aliphatic heterocycles. The number of aliphatic hydroxyl groups excluding tert-OH is 1. The van der Waals surface area contributed by atoms with Gasteiger partial charge < -0.3 is 10.4 Å². The van der Waals surface area contributed by atoms with Crippen LogP contribution in [0.4, 0.5) is 0 Å². The van der Waals surface area contributed by atoms with Crippen molar-refractivity contribution in [3.8, 4) is 0 Å². The van der Waals surface area contributed by atoms with E-state index in [4.69, 9.17) is 0 Å². The highest BCUT2D eigenvalue weighted by Gasteiger charge is 2.43. The molecule has 1 aliphatic carbocycles. The third-order valence-corrected chi connectivity index (χ3v) is 4.51. The average molecular weight is 312 g/mol. The van der Waals surface area contributed by atoms with Gasteiger partial charge in [0.1, 0.15) is 0 Å². The van der Waals surface area contributed by atoms with Crippen LogP contribution in [-0.2, 0) is 11.2 Å². The lowest BCUT2D eigenvalue weighted by Crippen LogP contribution is -2.48. The maximum atomic E-state index is 12.0. The summed E-state index contributed by atoms with van der Waals surface area (Å²) < 4.78 is 1.07. The number of halogens is 1. The molecule has 1 aromatic carbocycles. The standard InChI is InChI=1S/C14H18BrNO2/c15-12-5-2-1-4-11(12)6-9-16-13(18)14(10-17)7-3-8-14/h1-2,4-5,17H,3,6-10H2,(H,16,18). The van der Waals surface area contributed by atoms with Gasteiger partial charge in [-0.1, -0.05) is 40.5 Å². The Morgan fingerprint density at radius 2 is 2.11 bits per heavy atom. The summed E-state index contributed by atoms with van der Waals surface area (Å²) in [5.74, 6) is 0.00306.